The number of aliphatic imine (C=N–C) groups is 1. The van der Waals surface area contributed by atoms with Gasteiger partial charge in [0.2, 0.25) is 0 Å². The third kappa shape index (κ3) is 11.5. The number of hydrogen-bond donors (Lipinski definition) is 2. The number of guanidine groups is 1. The fraction of sp³-hybridized carbons (Fsp3) is 0.933. The van der Waals surface area contributed by atoms with E-state index in [2.05, 4.69) is 41.3 Å². The van der Waals surface area contributed by atoms with Gasteiger partial charge in [-0.15, -0.1) is 0 Å². The molecule has 0 heterocycles. The summed E-state index contributed by atoms with van der Waals surface area (Å²) in [4.78, 5) is 6.64. The Morgan fingerprint density at radius 2 is 1.86 bits per heavy atom. The molecule has 0 aromatic rings. The molecule has 0 aromatic carbocycles. The quantitative estimate of drug-likeness (QED) is 0.319. The van der Waals surface area contributed by atoms with Crippen LogP contribution in [0.15, 0.2) is 4.99 Å². The first-order chi connectivity index (χ1) is 10.2. The minimum absolute atomic E-state index is 0.580. The van der Waals surface area contributed by atoms with Crippen LogP contribution in [0.4, 0.5) is 0 Å². The molecule has 0 spiro atoms. The van der Waals surface area contributed by atoms with Crippen molar-refractivity contribution in [2.24, 2.45) is 4.99 Å². The number of hydrogen-bond acceptors (Lipinski definition) is 4. The molecular formula is C15H34N4O2. The van der Waals surface area contributed by atoms with E-state index in [-0.39, 0.29) is 0 Å². The molecule has 6 heteroatoms. The van der Waals surface area contributed by atoms with Crippen LogP contribution in [-0.2, 0) is 9.47 Å². The van der Waals surface area contributed by atoms with E-state index in [0.717, 1.165) is 45.2 Å². The van der Waals surface area contributed by atoms with Crippen LogP contribution in [-0.4, -0.2) is 77.1 Å². The zero-order valence-corrected chi connectivity index (χ0v) is 14.4. The molecule has 0 amide bonds. The second-order valence-corrected chi connectivity index (χ2v) is 5.11. The van der Waals surface area contributed by atoms with Crippen LogP contribution in [0.3, 0.4) is 0 Å². The molecule has 0 saturated carbocycles. The molecule has 0 aliphatic rings. The number of ether oxygens (including phenoxy) is 2. The normalized spacial score (nSPS) is 12.2. The maximum absolute atomic E-state index is 5.41. The Morgan fingerprint density at radius 3 is 2.43 bits per heavy atom. The van der Waals surface area contributed by atoms with Crippen molar-refractivity contribution in [2.45, 2.75) is 33.2 Å². The minimum atomic E-state index is 0.580. The van der Waals surface area contributed by atoms with E-state index in [1.54, 1.807) is 14.2 Å². The topological polar surface area (TPSA) is 58.1 Å². The molecule has 6 nitrogen and oxygen atoms in total. The van der Waals surface area contributed by atoms with Crippen molar-refractivity contribution in [1.29, 1.82) is 0 Å². The van der Waals surface area contributed by atoms with E-state index in [9.17, 15) is 0 Å². The van der Waals surface area contributed by atoms with Gasteiger partial charge in [0.1, 0.15) is 0 Å². The lowest BCUT2D eigenvalue weighted by Gasteiger charge is -2.25. The molecule has 0 aromatic heterocycles. The van der Waals surface area contributed by atoms with Crippen molar-refractivity contribution >= 4 is 5.96 Å². The van der Waals surface area contributed by atoms with Gasteiger partial charge in [0, 0.05) is 46.4 Å². The van der Waals surface area contributed by atoms with Crippen molar-refractivity contribution in [3.05, 3.63) is 0 Å². The standard InChI is InChI=1S/C15H34N4O2/c1-6-19(14(2)3)10-9-18-15(16-4)17-8-7-11-21-13-12-20-5/h14H,6-13H2,1-5H3,(H2,16,17,18). The van der Waals surface area contributed by atoms with Gasteiger partial charge in [-0.25, -0.2) is 0 Å². The van der Waals surface area contributed by atoms with Gasteiger partial charge in [0.15, 0.2) is 5.96 Å². The van der Waals surface area contributed by atoms with E-state index in [1.807, 2.05) is 0 Å². The van der Waals surface area contributed by atoms with Gasteiger partial charge < -0.3 is 20.1 Å². The Balaban J connectivity index is 3.63. The van der Waals surface area contributed by atoms with Gasteiger partial charge >= 0.3 is 0 Å². The Labute approximate surface area is 130 Å². The number of nitrogens with one attached hydrogen (secondary N) is 2. The van der Waals surface area contributed by atoms with E-state index < -0.39 is 0 Å². The molecular weight excluding hydrogens is 268 g/mol. The fourth-order valence-corrected chi connectivity index (χ4v) is 1.95. The third-order valence-corrected chi connectivity index (χ3v) is 3.24. The summed E-state index contributed by atoms with van der Waals surface area (Å²) in [6, 6.07) is 0.580. The molecule has 0 aliphatic heterocycles. The molecule has 21 heavy (non-hydrogen) atoms. The monoisotopic (exact) mass is 302 g/mol. The molecule has 0 unspecified atom stereocenters. The van der Waals surface area contributed by atoms with E-state index in [4.69, 9.17) is 9.47 Å². The zero-order chi connectivity index (χ0) is 15.9. The van der Waals surface area contributed by atoms with Gasteiger partial charge in [-0.05, 0) is 26.8 Å². The summed E-state index contributed by atoms with van der Waals surface area (Å²) in [5.74, 6) is 0.853. The average molecular weight is 302 g/mol. The summed E-state index contributed by atoms with van der Waals surface area (Å²) in [6.45, 7) is 12.5. The summed E-state index contributed by atoms with van der Waals surface area (Å²) in [5.41, 5.74) is 0. The number of rotatable bonds is 12. The highest BCUT2D eigenvalue weighted by Crippen LogP contribution is 1.95. The molecule has 126 valence electrons. The number of methoxy groups -OCH3 is 1. The number of likely N-dealkylation sites (N-methyl/N-ethyl adjacent to an activating group) is 1. The van der Waals surface area contributed by atoms with Crippen LogP contribution in [0.25, 0.3) is 0 Å². The summed E-state index contributed by atoms with van der Waals surface area (Å²) >= 11 is 0. The van der Waals surface area contributed by atoms with Gasteiger partial charge in [-0.3, -0.25) is 9.89 Å². The maximum atomic E-state index is 5.41. The molecule has 0 radical (unpaired) electrons. The van der Waals surface area contributed by atoms with Crippen molar-refractivity contribution in [1.82, 2.24) is 15.5 Å². The first-order valence-corrected chi connectivity index (χ1v) is 7.90. The van der Waals surface area contributed by atoms with Crippen molar-refractivity contribution in [3.63, 3.8) is 0 Å². The molecule has 0 fully saturated rings. The van der Waals surface area contributed by atoms with Crippen LogP contribution < -0.4 is 10.6 Å². The lowest BCUT2D eigenvalue weighted by atomic mass is 10.3. The molecule has 2 N–H and O–H groups in total. The van der Waals surface area contributed by atoms with Gasteiger partial charge in [-0.2, -0.15) is 0 Å². The van der Waals surface area contributed by atoms with Gasteiger partial charge in [0.25, 0.3) is 0 Å². The Hall–Kier alpha value is -0.850. The number of nitrogens with zero attached hydrogens (tertiary/aromatic N) is 2. The molecule has 0 saturated heterocycles. The predicted molar refractivity (Wildman–Crippen MR) is 89.1 cm³/mol. The van der Waals surface area contributed by atoms with E-state index >= 15 is 0 Å². The summed E-state index contributed by atoms with van der Waals surface area (Å²) in [5, 5.41) is 6.63. The van der Waals surface area contributed by atoms with Gasteiger partial charge in [-0.1, -0.05) is 6.92 Å². The molecule has 0 rings (SSSR count). The Morgan fingerprint density at radius 1 is 1.14 bits per heavy atom. The van der Waals surface area contributed by atoms with Crippen LogP contribution in [0, 0.1) is 0 Å². The highest BCUT2D eigenvalue weighted by atomic mass is 16.5. The van der Waals surface area contributed by atoms with Crippen molar-refractivity contribution in [2.75, 3.05) is 60.2 Å². The summed E-state index contributed by atoms with van der Waals surface area (Å²) < 4.78 is 10.3. The van der Waals surface area contributed by atoms with Crippen LogP contribution in [0.2, 0.25) is 0 Å². The minimum Gasteiger partial charge on any atom is -0.382 e. The SMILES string of the molecule is CCN(CCNC(=NC)NCCCOCCOC)C(C)C. The van der Waals surface area contributed by atoms with E-state index in [1.165, 1.54) is 0 Å². The molecule has 0 bridgehead atoms. The smallest absolute Gasteiger partial charge is 0.191 e. The van der Waals surface area contributed by atoms with Crippen LogP contribution >= 0.6 is 0 Å². The fourth-order valence-electron chi connectivity index (χ4n) is 1.95. The zero-order valence-electron chi connectivity index (χ0n) is 14.4. The van der Waals surface area contributed by atoms with Crippen molar-refractivity contribution < 1.29 is 9.47 Å². The average Bonchev–Trinajstić information content (AvgIpc) is 2.48. The highest BCUT2D eigenvalue weighted by Gasteiger charge is 2.06. The Kier molecular flexibility index (Phi) is 13.5. The second kappa shape index (κ2) is 14.1. The van der Waals surface area contributed by atoms with Gasteiger partial charge in [0.05, 0.1) is 13.2 Å². The largest absolute Gasteiger partial charge is 0.382 e. The summed E-state index contributed by atoms with van der Waals surface area (Å²) in [7, 11) is 3.48. The van der Waals surface area contributed by atoms with E-state index in [0.29, 0.717) is 19.3 Å². The second-order valence-electron chi connectivity index (χ2n) is 5.11. The molecule has 0 aliphatic carbocycles. The lowest BCUT2D eigenvalue weighted by molar-refractivity contribution is 0.0698. The van der Waals surface area contributed by atoms with Crippen LogP contribution in [0.1, 0.15) is 27.2 Å². The first kappa shape index (κ1) is 20.1. The highest BCUT2D eigenvalue weighted by molar-refractivity contribution is 5.79. The predicted octanol–water partition coefficient (Wildman–Crippen LogP) is 0.935. The Bertz CT molecular complexity index is 260. The molecule has 0 atom stereocenters. The van der Waals surface area contributed by atoms with Crippen molar-refractivity contribution in [3.8, 4) is 0 Å². The lowest BCUT2D eigenvalue weighted by Crippen LogP contribution is -2.43. The van der Waals surface area contributed by atoms with Crippen LogP contribution in [0.5, 0.6) is 0 Å². The third-order valence-electron chi connectivity index (χ3n) is 3.24. The first-order valence-electron chi connectivity index (χ1n) is 7.90. The maximum Gasteiger partial charge on any atom is 0.191 e. The summed E-state index contributed by atoms with van der Waals surface area (Å²) in [6.07, 6.45) is 0.956.